The van der Waals surface area contributed by atoms with Crippen LogP contribution in [0.3, 0.4) is 0 Å². The van der Waals surface area contributed by atoms with E-state index in [0.717, 1.165) is 37.3 Å². The number of aromatic nitrogens is 2. The Bertz CT molecular complexity index is 734. The Morgan fingerprint density at radius 2 is 1.85 bits per heavy atom. The fraction of sp³-hybridized carbons (Fsp3) is 0.474. The van der Waals surface area contributed by atoms with Gasteiger partial charge in [-0.25, -0.2) is 4.68 Å². The number of benzene rings is 1. The molecule has 0 radical (unpaired) electrons. The van der Waals surface area contributed by atoms with E-state index >= 15 is 0 Å². The zero-order chi connectivity index (χ0) is 18.0. The molecule has 1 aromatic carbocycles. The first-order valence-electron chi connectivity index (χ1n) is 8.81. The normalized spacial score (nSPS) is 15.2. The molecular weight excluding hydrogens is 371 g/mol. The summed E-state index contributed by atoms with van der Waals surface area (Å²) in [5, 5.41) is 8.48. The Morgan fingerprint density at radius 1 is 1.23 bits per heavy atom. The van der Waals surface area contributed by atoms with Crippen molar-refractivity contribution in [2.45, 2.75) is 38.6 Å². The fourth-order valence-electron chi connectivity index (χ4n) is 3.41. The van der Waals surface area contributed by atoms with Gasteiger partial charge in [-0.05, 0) is 50.1 Å². The fourth-order valence-corrected chi connectivity index (χ4v) is 3.53. The molecule has 5 nitrogen and oxygen atoms in total. The van der Waals surface area contributed by atoms with E-state index in [-0.39, 0.29) is 24.2 Å². The monoisotopic (exact) mass is 396 g/mol. The van der Waals surface area contributed by atoms with Crippen molar-refractivity contribution in [3.63, 3.8) is 0 Å². The van der Waals surface area contributed by atoms with Gasteiger partial charge in [-0.2, -0.15) is 5.10 Å². The molecule has 0 unspecified atom stereocenters. The molecule has 2 aromatic rings. The second kappa shape index (κ2) is 8.89. The van der Waals surface area contributed by atoms with E-state index in [1.165, 1.54) is 0 Å². The maximum absolute atomic E-state index is 13.0. The van der Waals surface area contributed by atoms with Crippen molar-refractivity contribution in [1.82, 2.24) is 20.0 Å². The first kappa shape index (κ1) is 20.7. The topological polar surface area (TPSA) is 50.2 Å². The average Bonchev–Trinajstić information content (AvgIpc) is 3.07. The second-order valence-electron chi connectivity index (χ2n) is 6.84. The molecule has 2 heterocycles. The minimum absolute atomic E-state index is 0. The van der Waals surface area contributed by atoms with Gasteiger partial charge in [0.05, 0.1) is 23.1 Å². The number of hydrogen-bond donors (Lipinski definition) is 1. The number of amides is 1. The highest BCUT2D eigenvalue weighted by Gasteiger charge is 2.27. The van der Waals surface area contributed by atoms with Crippen molar-refractivity contribution in [2.24, 2.45) is 0 Å². The third kappa shape index (κ3) is 4.22. The zero-order valence-corrected chi connectivity index (χ0v) is 17.0. The lowest BCUT2D eigenvalue weighted by Crippen LogP contribution is -2.44. The van der Waals surface area contributed by atoms with Gasteiger partial charge in [-0.1, -0.05) is 25.4 Å². The molecule has 1 aliphatic rings. The van der Waals surface area contributed by atoms with Crippen LogP contribution in [0.25, 0.3) is 5.69 Å². The number of halogens is 2. The lowest BCUT2D eigenvalue weighted by atomic mass is 10.0. The van der Waals surface area contributed by atoms with E-state index in [1.807, 2.05) is 40.9 Å². The molecule has 1 amide bonds. The number of likely N-dealkylation sites (tertiary alicyclic amines) is 1. The Morgan fingerprint density at radius 3 is 2.38 bits per heavy atom. The van der Waals surface area contributed by atoms with Crippen molar-refractivity contribution < 1.29 is 4.79 Å². The lowest BCUT2D eigenvalue weighted by Gasteiger charge is -2.32. The van der Waals surface area contributed by atoms with E-state index in [9.17, 15) is 4.79 Å². The summed E-state index contributed by atoms with van der Waals surface area (Å²) in [4.78, 5) is 15.0. The van der Waals surface area contributed by atoms with Gasteiger partial charge in [0.2, 0.25) is 0 Å². The molecule has 0 bridgehead atoms. The molecule has 7 heteroatoms. The Balaban J connectivity index is 0.00000243. The molecule has 0 spiro atoms. The smallest absolute Gasteiger partial charge is 0.257 e. The minimum atomic E-state index is 0. The van der Waals surface area contributed by atoms with E-state index in [4.69, 9.17) is 11.6 Å². The molecule has 3 rings (SSSR count). The number of nitrogens with one attached hydrogen (secondary N) is 1. The summed E-state index contributed by atoms with van der Waals surface area (Å²) in [5.41, 5.74) is 2.57. The van der Waals surface area contributed by atoms with Gasteiger partial charge in [0.15, 0.2) is 0 Å². The molecule has 0 saturated carbocycles. The highest BCUT2D eigenvalue weighted by atomic mass is 35.5. The van der Waals surface area contributed by atoms with Crippen molar-refractivity contribution >= 4 is 29.9 Å². The Hall–Kier alpha value is -1.56. The SMILES string of the molecule is CNC1CCN(C(=O)c2cnn(-c3ccc(Cl)cc3)c2C(C)C)CC1.Cl. The standard InChI is InChI=1S/C19H25ClN4O.ClH/c1-13(2)18-17(19(25)23-10-8-15(21-3)9-11-23)12-22-24(18)16-6-4-14(20)5-7-16;/h4-7,12-13,15,21H,8-11H2,1-3H3;1H. The summed E-state index contributed by atoms with van der Waals surface area (Å²) in [5.74, 6) is 0.269. The van der Waals surface area contributed by atoms with Gasteiger partial charge in [0.1, 0.15) is 0 Å². The van der Waals surface area contributed by atoms with Crippen LogP contribution in [0.1, 0.15) is 48.7 Å². The van der Waals surface area contributed by atoms with Crippen LogP contribution < -0.4 is 5.32 Å². The first-order chi connectivity index (χ1) is 12.0. The largest absolute Gasteiger partial charge is 0.338 e. The highest BCUT2D eigenvalue weighted by molar-refractivity contribution is 6.30. The number of nitrogens with zero attached hydrogens (tertiary/aromatic N) is 3. The maximum atomic E-state index is 13.0. The summed E-state index contributed by atoms with van der Waals surface area (Å²) in [6, 6.07) is 8.03. The molecule has 1 aliphatic heterocycles. The molecule has 1 aromatic heterocycles. The summed E-state index contributed by atoms with van der Waals surface area (Å²) in [6.07, 6.45) is 3.69. The van der Waals surface area contributed by atoms with Crippen molar-refractivity contribution in [1.29, 1.82) is 0 Å². The van der Waals surface area contributed by atoms with Crippen molar-refractivity contribution in [3.8, 4) is 5.69 Å². The van der Waals surface area contributed by atoms with Gasteiger partial charge >= 0.3 is 0 Å². The third-order valence-corrected chi connectivity index (χ3v) is 5.10. The predicted octanol–water partition coefficient (Wildman–Crippen LogP) is 3.89. The van der Waals surface area contributed by atoms with Crippen LogP contribution in [-0.2, 0) is 0 Å². The first-order valence-corrected chi connectivity index (χ1v) is 9.19. The number of rotatable bonds is 4. The zero-order valence-electron chi connectivity index (χ0n) is 15.4. The molecule has 142 valence electrons. The van der Waals surface area contributed by atoms with Crippen LogP contribution in [0.4, 0.5) is 0 Å². The number of carbonyl (C=O) groups excluding carboxylic acids is 1. The van der Waals surface area contributed by atoms with Gasteiger partial charge in [0.25, 0.3) is 5.91 Å². The third-order valence-electron chi connectivity index (χ3n) is 4.85. The van der Waals surface area contributed by atoms with Gasteiger partial charge < -0.3 is 10.2 Å². The molecule has 0 aliphatic carbocycles. The second-order valence-corrected chi connectivity index (χ2v) is 7.28. The average molecular weight is 397 g/mol. The maximum Gasteiger partial charge on any atom is 0.257 e. The number of carbonyl (C=O) groups is 1. The lowest BCUT2D eigenvalue weighted by molar-refractivity contribution is 0.0705. The summed E-state index contributed by atoms with van der Waals surface area (Å²) >= 11 is 5.99. The molecular formula is C19H26Cl2N4O. The predicted molar refractivity (Wildman–Crippen MR) is 108 cm³/mol. The molecule has 1 N–H and O–H groups in total. The van der Waals surface area contributed by atoms with Crippen LogP contribution in [0.5, 0.6) is 0 Å². The molecule has 26 heavy (non-hydrogen) atoms. The van der Waals surface area contributed by atoms with Crippen LogP contribution in [0.2, 0.25) is 5.02 Å². The number of piperidine rings is 1. The Labute approximate surface area is 166 Å². The van der Waals surface area contributed by atoms with Crippen LogP contribution in [0.15, 0.2) is 30.5 Å². The Kier molecular flexibility index (Phi) is 7.09. The summed E-state index contributed by atoms with van der Waals surface area (Å²) in [6.45, 7) is 5.75. The van der Waals surface area contributed by atoms with Crippen LogP contribution >= 0.6 is 24.0 Å². The summed E-state index contributed by atoms with van der Waals surface area (Å²) < 4.78 is 1.86. The molecule has 0 atom stereocenters. The summed E-state index contributed by atoms with van der Waals surface area (Å²) in [7, 11) is 1.98. The quantitative estimate of drug-likeness (QED) is 0.852. The molecule has 1 saturated heterocycles. The van der Waals surface area contributed by atoms with Crippen LogP contribution in [-0.4, -0.2) is 46.8 Å². The minimum Gasteiger partial charge on any atom is -0.338 e. The highest BCUT2D eigenvalue weighted by Crippen LogP contribution is 2.26. The van der Waals surface area contributed by atoms with Crippen molar-refractivity contribution in [2.75, 3.05) is 20.1 Å². The van der Waals surface area contributed by atoms with Crippen LogP contribution in [0, 0.1) is 0 Å². The van der Waals surface area contributed by atoms with Crippen molar-refractivity contribution in [3.05, 3.63) is 46.7 Å². The van der Waals surface area contributed by atoms with E-state index < -0.39 is 0 Å². The van der Waals surface area contributed by atoms with Gasteiger partial charge in [-0.15, -0.1) is 12.4 Å². The van der Waals surface area contributed by atoms with E-state index in [2.05, 4.69) is 24.3 Å². The number of hydrogen-bond acceptors (Lipinski definition) is 3. The van der Waals surface area contributed by atoms with Gasteiger partial charge in [-0.3, -0.25) is 4.79 Å². The molecule has 1 fully saturated rings. The van der Waals surface area contributed by atoms with Gasteiger partial charge in [0, 0.05) is 24.2 Å². The van der Waals surface area contributed by atoms with E-state index in [1.54, 1.807) is 6.20 Å². The van der Waals surface area contributed by atoms with E-state index in [0.29, 0.717) is 16.6 Å².